The van der Waals surface area contributed by atoms with Crippen molar-refractivity contribution in [2.24, 2.45) is 4.99 Å². The van der Waals surface area contributed by atoms with E-state index in [2.05, 4.69) is 15.6 Å². The van der Waals surface area contributed by atoms with Crippen molar-refractivity contribution in [2.75, 3.05) is 32.4 Å². The second-order valence-corrected chi connectivity index (χ2v) is 8.01. The average molecular weight is 554 g/mol. The SMILES string of the molecule is CCNC(=NCc1ccc(F)cc1C(F)(F)F)NCCCN(CC)S(C)(=O)=O.I. The first-order valence-electron chi connectivity index (χ1n) is 8.82. The topological polar surface area (TPSA) is 73.8 Å². The summed E-state index contributed by atoms with van der Waals surface area (Å²) in [4.78, 5) is 4.11. The van der Waals surface area contributed by atoms with Crippen LogP contribution in [-0.2, 0) is 22.7 Å². The molecule has 29 heavy (non-hydrogen) atoms. The van der Waals surface area contributed by atoms with Crippen LogP contribution in [0.1, 0.15) is 31.4 Å². The van der Waals surface area contributed by atoms with E-state index in [1.807, 2.05) is 0 Å². The maximum absolute atomic E-state index is 13.2. The molecule has 0 aliphatic carbocycles. The molecule has 0 bridgehead atoms. The molecule has 0 saturated heterocycles. The predicted octanol–water partition coefficient (Wildman–Crippen LogP) is 3.19. The lowest BCUT2D eigenvalue weighted by atomic mass is 10.1. The summed E-state index contributed by atoms with van der Waals surface area (Å²) < 4.78 is 76.7. The van der Waals surface area contributed by atoms with Crippen molar-refractivity contribution < 1.29 is 26.0 Å². The highest BCUT2D eigenvalue weighted by molar-refractivity contribution is 14.0. The largest absolute Gasteiger partial charge is 0.416 e. The van der Waals surface area contributed by atoms with Crippen LogP contribution >= 0.6 is 24.0 Å². The van der Waals surface area contributed by atoms with Gasteiger partial charge in [-0.2, -0.15) is 13.2 Å². The molecule has 0 radical (unpaired) electrons. The third kappa shape index (κ3) is 9.94. The van der Waals surface area contributed by atoms with Crippen molar-refractivity contribution in [1.82, 2.24) is 14.9 Å². The minimum Gasteiger partial charge on any atom is -0.357 e. The first kappa shape index (κ1) is 27.8. The zero-order chi connectivity index (χ0) is 21.4. The normalized spacial score (nSPS) is 12.6. The van der Waals surface area contributed by atoms with Crippen molar-refractivity contribution in [1.29, 1.82) is 0 Å². The van der Waals surface area contributed by atoms with E-state index in [4.69, 9.17) is 0 Å². The van der Waals surface area contributed by atoms with Crippen LogP contribution in [0, 0.1) is 5.82 Å². The van der Waals surface area contributed by atoms with Crippen LogP contribution in [0.3, 0.4) is 0 Å². The van der Waals surface area contributed by atoms with E-state index in [-0.39, 0.29) is 36.1 Å². The summed E-state index contributed by atoms with van der Waals surface area (Å²) in [7, 11) is -3.27. The van der Waals surface area contributed by atoms with Gasteiger partial charge in [0.1, 0.15) is 5.82 Å². The van der Waals surface area contributed by atoms with Crippen LogP contribution in [0.4, 0.5) is 17.6 Å². The summed E-state index contributed by atoms with van der Waals surface area (Å²) in [5.41, 5.74) is -1.20. The quantitative estimate of drug-likeness (QED) is 0.162. The summed E-state index contributed by atoms with van der Waals surface area (Å²) in [6.07, 6.45) is -3.04. The Balaban J connectivity index is 0.00000784. The molecule has 0 unspecified atom stereocenters. The molecule has 0 spiro atoms. The van der Waals surface area contributed by atoms with E-state index >= 15 is 0 Å². The lowest BCUT2D eigenvalue weighted by Crippen LogP contribution is -2.39. The van der Waals surface area contributed by atoms with E-state index in [1.54, 1.807) is 13.8 Å². The van der Waals surface area contributed by atoms with Crippen LogP contribution in [0.15, 0.2) is 23.2 Å². The molecule has 12 heteroatoms. The van der Waals surface area contributed by atoms with Gasteiger partial charge < -0.3 is 10.6 Å². The van der Waals surface area contributed by atoms with Gasteiger partial charge in [-0.1, -0.05) is 13.0 Å². The van der Waals surface area contributed by atoms with Gasteiger partial charge in [-0.3, -0.25) is 0 Å². The van der Waals surface area contributed by atoms with Crippen LogP contribution in [0.25, 0.3) is 0 Å². The standard InChI is InChI=1S/C17H26F4N4O2S.HI/c1-4-22-16(23-9-6-10-25(5-2)28(3,26)27)24-12-13-7-8-14(18)11-15(13)17(19,20)21;/h7-8,11H,4-6,9-10,12H2,1-3H3,(H2,22,23,24);1H. The lowest BCUT2D eigenvalue weighted by molar-refractivity contribution is -0.138. The maximum Gasteiger partial charge on any atom is 0.416 e. The van der Waals surface area contributed by atoms with Gasteiger partial charge in [-0.25, -0.2) is 22.1 Å². The molecule has 0 atom stereocenters. The number of hydrogen-bond donors (Lipinski definition) is 2. The lowest BCUT2D eigenvalue weighted by Gasteiger charge is -2.18. The number of sulfonamides is 1. The molecule has 0 aromatic heterocycles. The van der Waals surface area contributed by atoms with Gasteiger partial charge in [-0.15, -0.1) is 24.0 Å². The third-order valence-electron chi connectivity index (χ3n) is 3.83. The first-order valence-corrected chi connectivity index (χ1v) is 10.7. The second kappa shape index (κ2) is 12.5. The minimum absolute atomic E-state index is 0. The van der Waals surface area contributed by atoms with E-state index < -0.39 is 27.6 Å². The predicted molar refractivity (Wildman–Crippen MR) is 116 cm³/mol. The number of rotatable bonds is 9. The molecule has 1 aromatic carbocycles. The number of benzene rings is 1. The molecular weight excluding hydrogens is 527 g/mol. The molecule has 0 fully saturated rings. The van der Waals surface area contributed by atoms with Crippen LogP contribution < -0.4 is 10.6 Å². The van der Waals surface area contributed by atoms with E-state index in [0.717, 1.165) is 18.4 Å². The fourth-order valence-corrected chi connectivity index (χ4v) is 3.41. The highest BCUT2D eigenvalue weighted by Gasteiger charge is 2.33. The number of hydrogen-bond acceptors (Lipinski definition) is 3. The minimum atomic E-state index is -4.67. The fraction of sp³-hybridized carbons (Fsp3) is 0.588. The van der Waals surface area contributed by atoms with Gasteiger partial charge in [0.2, 0.25) is 10.0 Å². The smallest absolute Gasteiger partial charge is 0.357 e. The maximum atomic E-state index is 13.2. The zero-order valence-electron chi connectivity index (χ0n) is 16.5. The van der Waals surface area contributed by atoms with Gasteiger partial charge in [0.25, 0.3) is 0 Å². The fourth-order valence-electron chi connectivity index (χ4n) is 2.48. The molecule has 0 aliphatic rings. The van der Waals surface area contributed by atoms with Crippen molar-refractivity contribution in [3.63, 3.8) is 0 Å². The molecule has 1 aromatic rings. The summed E-state index contributed by atoms with van der Waals surface area (Å²) in [5, 5.41) is 5.86. The van der Waals surface area contributed by atoms with E-state index in [1.165, 1.54) is 4.31 Å². The molecular formula is C17H27F4IN4O2S. The monoisotopic (exact) mass is 554 g/mol. The second-order valence-electron chi connectivity index (χ2n) is 6.03. The van der Waals surface area contributed by atoms with Crippen LogP contribution in [-0.4, -0.2) is 51.1 Å². The number of aliphatic imine (C=N–C) groups is 1. The number of guanidine groups is 1. The van der Waals surface area contributed by atoms with Gasteiger partial charge >= 0.3 is 6.18 Å². The summed E-state index contributed by atoms with van der Waals surface area (Å²) in [6, 6.07) is 2.48. The van der Waals surface area contributed by atoms with Crippen molar-refractivity contribution in [3.05, 3.63) is 35.1 Å². The summed E-state index contributed by atoms with van der Waals surface area (Å²) in [6.45, 7) is 4.81. The number of nitrogens with one attached hydrogen (secondary N) is 2. The molecule has 1 rings (SSSR count). The Kier molecular flexibility index (Phi) is 12.0. The van der Waals surface area contributed by atoms with Gasteiger partial charge in [0.05, 0.1) is 18.4 Å². The van der Waals surface area contributed by atoms with Crippen molar-refractivity contribution >= 4 is 40.0 Å². The van der Waals surface area contributed by atoms with Crippen LogP contribution in [0.5, 0.6) is 0 Å². The molecule has 0 aliphatic heterocycles. The van der Waals surface area contributed by atoms with E-state index in [9.17, 15) is 26.0 Å². The third-order valence-corrected chi connectivity index (χ3v) is 5.21. The molecule has 0 heterocycles. The zero-order valence-corrected chi connectivity index (χ0v) is 19.7. The molecule has 6 nitrogen and oxygen atoms in total. The number of halogens is 5. The number of nitrogens with zero attached hydrogens (tertiary/aromatic N) is 2. The molecule has 2 N–H and O–H groups in total. The van der Waals surface area contributed by atoms with Crippen LogP contribution in [0.2, 0.25) is 0 Å². The van der Waals surface area contributed by atoms with E-state index in [0.29, 0.717) is 44.6 Å². The first-order chi connectivity index (χ1) is 13.0. The highest BCUT2D eigenvalue weighted by Crippen LogP contribution is 2.32. The Bertz CT molecular complexity index is 773. The van der Waals surface area contributed by atoms with Gasteiger partial charge in [0.15, 0.2) is 5.96 Å². The Labute approximate surface area is 186 Å². The average Bonchev–Trinajstić information content (AvgIpc) is 2.58. The molecule has 0 saturated carbocycles. The molecule has 168 valence electrons. The Morgan fingerprint density at radius 3 is 2.38 bits per heavy atom. The summed E-state index contributed by atoms with van der Waals surface area (Å²) in [5.74, 6) is -0.668. The highest BCUT2D eigenvalue weighted by atomic mass is 127. The number of alkyl halides is 3. The van der Waals surface area contributed by atoms with Crippen molar-refractivity contribution in [3.8, 4) is 0 Å². The Hall–Kier alpha value is -1.15. The Morgan fingerprint density at radius 2 is 1.86 bits per heavy atom. The molecule has 0 amide bonds. The Morgan fingerprint density at radius 1 is 1.21 bits per heavy atom. The summed E-state index contributed by atoms with van der Waals surface area (Å²) >= 11 is 0. The van der Waals surface area contributed by atoms with Crippen molar-refractivity contribution in [2.45, 2.75) is 33.0 Å². The van der Waals surface area contributed by atoms with Gasteiger partial charge in [-0.05, 0) is 31.0 Å². The van der Waals surface area contributed by atoms with Gasteiger partial charge in [0, 0.05) is 26.2 Å².